The second-order valence-corrected chi connectivity index (χ2v) is 4.49. The Balaban J connectivity index is 2.38. The number of nitro groups is 1. The summed E-state index contributed by atoms with van der Waals surface area (Å²) in [4.78, 5) is 44.5. The van der Waals surface area contributed by atoms with Crippen LogP contribution < -0.4 is 16.4 Å². The quantitative estimate of drug-likeness (QED) is 0.614. The number of pyridine rings is 1. The van der Waals surface area contributed by atoms with Crippen LogP contribution >= 0.6 is 0 Å². The van der Waals surface area contributed by atoms with Gasteiger partial charge < -0.3 is 0 Å². The second-order valence-electron chi connectivity index (χ2n) is 4.49. The zero-order valence-corrected chi connectivity index (χ0v) is 11.5. The summed E-state index contributed by atoms with van der Waals surface area (Å²) in [6.07, 6.45) is 0. The fourth-order valence-electron chi connectivity index (χ4n) is 1.91. The third-order valence-electron chi connectivity index (χ3n) is 2.86. The predicted octanol–water partition coefficient (Wildman–Crippen LogP) is 0.0770. The van der Waals surface area contributed by atoms with Crippen LogP contribution in [0.4, 0.5) is 5.69 Å². The molecule has 0 atom stereocenters. The lowest BCUT2D eigenvalue weighted by molar-refractivity contribution is -0.384. The fraction of sp³-hybridized carbons (Fsp3) is 0.154. The molecule has 2 amide bonds. The van der Waals surface area contributed by atoms with Crippen molar-refractivity contribution in [3.8, 4) is 0 Å². The smallest absolute Gasteiger partial charge is 0.270 e. The van der Waals surface area contributed by atoms with Crippen molar-refractivity contribution < 1.29 is 14.5 Å². The molecule has 0 bridgehead atoms. The normalized spacial score (nSPS) is 10.2. The van der Waals surface area contributed by atoms with E-state index in [4.69, 9.17) is 0 Å². The molecule has 0 spiro atoms. The maximum absolute atomic E-state index is 11.9. The minimum atomic E-state index is -0.594. The number of carbonyl (C=O) groups is 2. The lowest BCUT2D eigenvalue weighted by Crippen LogP contribution is -2.43. The molecule has 1 aromatic heterocycles. The molecule has 0 aliphatic heterocycles. The fourth-order valence-corrected chi connectivity index (χ4v) is 1.91. The number of nitro benzene ring substituents is 1. The summed E-state index contributed by atoms with van der Waals surface area (Å²) >= 11 is 0. The van der Waals surface area contributed by atoms with Crippen LogP contribution in [0.5, 0.6) is 0 Å². The van der Waals surface area contributed by atoms with Crippen LogP contribution in [-0.4, -0.2) is 21.3 Å². The molecule has 1 aromatic carbocycles. The Labute approximate surface area is 123 Å². The molecule has 0 fully saturated rings. The van der Waals surface area contributed by atoms with E-state index in [1.165, 1.54) is 37.3 Å². The van der Waals surface area contributed by atoms with Crippen LogP contribution in [0, 0.1) is 10.1 Å². The number of hydrazine groups is 1. The van der Waals surface area contributed by atoms with E-state index in [2.05, 4.69) is 10.9 Å². The standard InChI is InChI=1S/C13H12N4O5/c1-8(18)14-15-12(19)7-16-11-4-3-10(17(21)22)6-9(11)2-5-13(16)20/h2-6H,7H2,1H3,(H,14,18)(H,15,19). The van der Waals surface area contributed by atoms with E-state index in [9.17, 15) is 24.5 Å². The Morgan fingerprint density at radius 3 is 2.59 bits per heavy atom. The molecule has 0 aliphatic rings. The number of hydrogen-bond donors (Lipinski definition) is 2. The van der Waals surface area contributed by atoms with Crippen LogP contribution in [0.3, 0.4) is 0 Å². The number of rotatable bonds is 3. The van der Waals surface area contributed by atoms with Crippen LogP contribution in [0.25, 0.3) is 10.9 Å². The molecule has 114 valence electrons. The summed E-state index contributed by atoms with van der Waals surface area (Å²) < 4.78 is 1.16. The number of hydrogen-bond acceptors (Lipinski definition) is 5. The maximum atomic E-state index is 11.9. The van der Waals surface area contributed by atoms with E-state index < -0.39 is 22.3 Å². The summed E-state index contributed by atoms with van der Waals surface area (Å²) in [5.41, 5.74) is 4.10. The van der Waals surface area contributed by atoms with Crippen molar-refractivity contribution in [2.45, 2.75) is 13.5 Å². The van der Waals surface area contributed by atoms with Crippen LogP contribution in [0.1, 0.15) is 6.92 Å². The molecule has 0 unspecified atom stereocenters. The third-order valence-corrected chi connectivity index (χ3v) is 2.86. The Morgan fingerprint density at radius 1 is 1.23 bits per heavy atom. The van der Waals surface area contributed by atoms with Crippen molar-refractivity contribution in [2.24, 2.45) is 0 Å². The van der Waals surface area contributed by atoms with Crippen LogP contribution in [0.2, 0.25) is 0 Å². The first-order valence-electron chi connectivity index (χ1n) is 6.22. The van der Waals surface area contributed by atoms with E-state index in [0.29, 0.717) is 10.9 Å². The van der Waals surface area contributed by atoms with Gasteiger partial charge in [-0.25, -0.2) is 0 Å². The Kier molecular flexibility index (Phi) is 4.16. The molecule has 1 heterocycles. The lowest BCUT2D eigenvalue weighted by atomic mass is 10.2. The van der Waals surface area contributed by atoms with E-state index >= 15 is 0 Å². The minimum absolute atomic E-state index is 0.111. The van der Waals surface area contributed by atoms with Gasteiger partial charge in [-0.15, -0.1) is 0 Å². The summed E-state index contributed by atoms with van der Waals surface area (Å²) in [6, 6.07) is 6.65. The molecule has 0 saturated heterocycles. The van der Waals surface area contributed by atoms with Gasteiger partial charge in [0.05, 0.1) is 10.4 Å². The number of amides is 2. The van der Waals surface area contributed by atoms with Crippen molar-refractivity contribution in [2.75, 3.05) is 0 Å². The summed E-state index contributed by atoms with van der Waals surface area (Å²) in [6.45, 7) is 0.901. The molecular weight excluding hydrogens is 292 g/mol. The first kappa shape index (κ1) is 15.2. The number of carbonyl (C=O) groups excluding carboxylic acids is 2. The molecular formula is C13H12N4O5. The van der Waals surface area contributed by atoms with Crippen molar-refractivity contribution in [3.05, 3.63) is 50.8 Å². The van der Waals surface area contributed by atoms with E-state index in [1.54, 1.807) is 0 Å². The average molecular weight is 304 g/mol. The number of nitrogens with one attached hydrogen (secondary N) is 2. The predicted molar refractivity (Wildman–Crippen MR) is 76.8 cm³/mol. The van der Waals surface area contributed by atoms with Crippen LogP contribution in [0.15, 0.2) is 35.1 Å². The van der Waals surface area contributed by atoms with Gasteiger partial charge in [0.15, 0.2) is 0 Å². The molecule has 0 radical (unpaired) electrons. The Bertz CT molecular complexity index is 827. The number of nitrogens with zero attached hydrogens (tertiary/aromatic N) is 2. The van der Waals surface area contributed by atoms with E-state index in [1.807, 2.05) is 0 Å². The molecule has 22 heavy (non-hydrogen) atoms. The van der Waals surface area contributed by atoms with Gasteiger partial charge >= 0.3 is 0 Å². The molecule has 9 heteroatoms. The third kappa shape index (κ3) is 3.26. The maximum Gasteiger partial charge on any atom is 0.270 e. The second kappa shape index (κ2) is 6.04. The molecule has 2 rings (SSSR count). The average Bonchev–Trinajstić information content (AvgIpc) is 2.47. The molecule has 0 saturated carbocycles. The van der Waals surface area contributed by atoms with Crippen molar-refractivity contribution in [3.63, 3.8) is 0 Å². The summed E-state index contributed by atoms with van der Waals surface area (Å²) in [5, 5.41) is 11.2. The zero-order valence-electron chi connectivity index (χ0n) is 11.5. The van der Waals surface area contributed by atoms with Gasteiger partial charge in [-0.05, 0) is 12.1 Å². The van der Waals surface area contributed by atoms with E-state index in [-0.39, 0.29) is 12.2 Å². The Morgan fingerprint density at radius 2 is 1.95 bits per heavy atom. The highest BCUT2D eigenvalue weighted by Gasteiger charge is 2.11. The van der Waals surface area contributed by atoms with Gasteiger partial charge in [-0.2, -0.15) is 0 Å². The summed E-state index contributed by atoms with van der Waals surface area (Å²) in [5.74, 6) is -1.04. The molecule has 0 aliphatic carbocycles. The highest BCUT2D eigenvalue weighted by molar-refractivity contribution is 5.84. The number of fused-ring (bicyclic) bond motifs is 1. The van der Waals surface area contributed by atoms with Crippen molar-refractivity contribution in [1.82, 2.24) is 15.4 Å². The lowest BCUT2D eigenvalue weighted by Gasteiger charge is -2.10. The number of benzene rings is 1. The zero-order chi connectivity index (χ0) is 16.3. The van der Waals surface area contributed by atoms with Crippen LogP contribution in [-0.2, 0) is 16.1 Å². The number of non-ortho nitro benzene ring substituents is 1. The van der Waals surface area contributed by atoms with Gasteiger partial charge in [-0.1, -0.05) is 0 Å². The monoisotopic (exact) mass is 304 g/mol. The highest BCUT2D eigenvalue weighted by atomic mass is 16.6. The van der Waals surface area contributed by atoms with Gasteiger partial charge in [0, 0.05) is 30.5 Å². The first-order chi connectivity index (χ1) is 10.4. The Hall–Kier alpha value is -3.23. The van der Waals surface area contributed by atoms with Gasteiger partial charge in [0.25, 0.3) is 17.2 Å². The number of aromatic nitrogens is 1. The molecule has 9 nitrogen and oxygen atoms in total. The van der Waals surface area contributed by atoms with E-state index in [0.717, 1.165) is 4.57 Å². The topological polar surface area (TPSA) is 123 Å². The van der Waals surface area contributed by atoms with Gasteiger partial charge in [0.1, 0.15) is 6.54 Å². The largest absolute Gasteiger partial charge is 0.299 e. The highest BCUT2D eigenvalue weighted by Crippen LogP contribution is 2.19. The van der Waals surface area contributed by atoms with Crippen molar-refractivity contribution in [1.29, 1.82) is 0 Å². The molecule has 2 aromatic rings. The SMILES string of the molecule is CC(=O)NNC(=O)Cn1c(=O)ccc2cc([N+](=O)[O-])ccc21. The first-order valence-corrected chi connectivity index (χ1v) is 6.22. The minimum Gasteiger partial charge on any atom is -0.299 e. The summed E-state index contributed by atoms with van der Waals surface area (Å²) in [7, 11) is 0. The molecule has 2 N–H and O–H groups in total. The van der Waals surface area contributed by atoms with Gasteiger partial charge in [-0.3, -0.25) is 39.9 Å². The van der Waals surface area contributed by atoms with Gasteiger partial charge in [0.2, 0.25) is 5.91 Å². The van der Waals surface area contributed by atoms with Crippen molar-refractivity contribution >= 4 is 28.4 Å².